The highest BCUT2D eigenvalue weighted by Crippen LogP contribution is 2.22. The molecule has 5 heteroatoms. The van der Waals surface area contributed by atoms with Crippen LogP contribution < -0.4 is 4.74 Å². The summed E-state index contributed by atoms with van der Waals surface area (Å²) in [5, 5.41) is 19.7. The lowest BCUT2D eigenvalue weighted by atomic mass is 10.2. The summed E-state index contributed by atoms with van der Waals surface area (Å²) >= 11 is 0.998. The van der Waals surface area contributed by atoms with Gasteiger partial charge in [0.05, 0.1) is 17.8 Å². The summed E-state index contributed by atoms with van der Waals surface area (Å²) in [4.78, 5) is 4.06. The number of hydrogen-bond acceptors (Lipinski definition) is 5. The Labute approximate surface area is 108 Å². The number of aromatic nitrogens is 1. The fourth-order valence-corrected chi connectivity index (χ4v) is 1.60. The third-order valence-electron chi connectivity index (χ3n) is 2.08. The van der Waals surface area contributed by atoms with Gasteiger partial charge in [-0.1, -0.05) is 0 Å². The molecule has 4 nitrogen and oxygen atoms in total. The van der Waals surface area contributed by atoms with Crippen LogP contribution in [-0.2, 0) is 0 Å². The number of rotatable bonds is 3. The first kappa shape index (κ1) is 12.0. The molecule has 0 aliphatic heterocycles. The summed E-state index contributed by atoms with van der Waals surface area (Å²) in [6.07, 6.45) is 1.55. The molecule has 0 aliphatic rings. The van der Waals surface area contributed by atoms with Gasteiger partial charge in [-0.05, 0) is 36.4 Å². The van der Waals surface area contributed by atoms with Crippen LogP contribution in [0, 0.1) is 22.0 Å². The van der Waals surface area contributed by atoms with Crippen molar-refractivity contribution in [3.63, 3.8) is 0 Å². The van der Waals surface area contributed by atoms with Crippen LogP contribution >= 0.6 is 11.8 Å². The fraction of sp³-hybridized carbons (Fsp3) is 0. The number of nitrogens with zero attached hydrogens (tertiary/aromatic N) is 3. The number of ether oxygens (including phenoxy) is 1. The predicted octanol–water partition coefficient (Wildman–Crippen LogP) is 3.32. The molecule has 1 aromatic heterocycles. The zero-order valence-electron chi connectivity index (χ0n) is 9.20. The molecule has 0 bridgehead atoms. The van der Waals surface area contributed by atoms with E-state index in [1.54, 1.807) is 42.6 Å². The molecular weight excluding hydrogens is 246 g/mol. The van der Waals surface area contributed by atoms with Gasteiger partial charge in [0, 0.05) is 11.8 Å². The van der Waals surface area contributed by atoms with Gasteiger partial charge in [-0.25, -0.2) is 4.98 Å². The van der Waals surface area contributed by atoms with Crippen LogP contribution in [0.3, 0.4) is 0 Å². The van der Waals surface area contributed by atoms with Crippen LogP contribution in [-0.4, -0.2) is 4.98 Å². The second-order valence-corrected chi connectivity index (χ2v) is 4.07. The average Bonchev–Trinajstić information content (AvgIpc) is 2.42. The minimum atomic E-state index is 0.584. The van der Waals surface area contributed by atoms with Crippen LogP contribution in [0.5, 0.6) is 11.5 Å². The molecule has 0 atom stereocenters. The Balaban J connectivity index is 2.09. The molecule has 18 heavy (non-hydrogen) atoms. The van der Waals surface area contributed by atoms with Crippen molar-refractivity contribution in [3.8, 4) is 23.0 Å². The normalized spacial score (nSPS) is 9.22. The molecule has 1 heterocycles. The first-order chi connectivity index (χ1) is 8.81. The number of nitriles is 2. The van der Waals surface area contributed by atoms with Crippen molar-refractivity contribution in [2.45, 2.75) is 5.03 Å². The second-order valence-electron chi connectivity index (χ2n) is 3.26. The lowest BCUT2D eigenvalue weighted by molar-refractivity contribution is 0.479. The molecule has 0 fully saturated rings. The maximum atomic E-state index is 8.67. The highest BCUT2D eigenvalue weighted by molar-refractivity contribution is 8.03. The van der Waals surface area contributed by atoms with Crippen molar-refractivity contribution in [2.75, 3.05) is 0 Å². The zero-order valence-corrected chi connectivity index (χ0v) is 10.0. The molecule has 0 saturated carbocycles. The Morgan fingerprint density at radius 1 is 1.00 bits per heavy atom. The number of hydrogen-bond donors (Lipinski definition) is 0. The van der Waals surface area contributed by atoms with Crippen molar-refractivity contribution >= 4 is 11.8 Å². The summed E-state index contributed by atoms with van der Waals surface area (Å²) in [7, 11) is 0. The summed E-state index contributed by atoms with van der Waals surface area (Å²) in [6.45, 7) is 0. The molecule has 0 radical (unpaired) electrons. The van der Waals surface area contributed by atoms with Crippen molar-refractivity contribution in [3.05, 3.63) is 48.2 Å². The van der Waals surface area contributed by atoms with Gasteiger partial charge < -0.3 is 4.74 Å². The maximum absolute atomic E-state index is 8.67. The summed E-state index contributed by atoms with van der Waals surface area (Å²) in [5.41, 5.74) is 0.584. The van der Waals surface area contributed by atoms with Gasteiger partial charge in [-0.15, -0.1) is 0 Å². The Hall–Kier alpha value is -2.50. The van der Waals surface area contributed by atoms with Crippen LogP contribution in [0.1, 0.15) is 5.56 Å². The Kier molecular flexibility index (Phi) is 3.80. The molecule has 0 unspecified atom stereocenters. The molecule has 0 aliphatic carbocycles. The lowest BCUT2D eigenvalue weighted by Crippen LogP contribution is -1.86. The van der Waals surface area contributed by atoms with E-state index in [1.165, 1.54) is 0 Å². The highest BCUT2D eigenvalue weighted by Gasteiger charge is 1.99. The van der Waals surface area contributed by atoms with Crippen molar-refractivity contribution in [1.29, 1.82) is 10.5 Å². The summed E-state index contributed by atoms with van der Waals surface area (Å²) in [6, 6.07) is 12.3. The van der Waals surface area contributed by atoms with Crippen molar-refractivity contribution < 1.29 is 4.74 Å². The summed E-state index contributed by atoms with van der Waals surface area (Å²) < 4.78 is 5.55. The third kappa shape index (κ3) is 3.00. The van der Waals surface area contributed by atoms with E-state index in [2.05, 4.69) is 4.98 Å². The molecule has 2 rings (SSSR count). The van der Waals surface area contributed by atoms with Crippen LogP contribution in [0.4, 0.5) is 0 Å². The molecule has 0 spiro atoms. The van der Waals surface area contributed by atoms with Crippen molar-refractivity contribution in [2.24, 2.45) is 0 Å². The standard InChI is InChI=1S/C13H7N3OS/c14-7-10-1-3-11(4-2-10)17-12-5-6-13(16-8-12)18-9-15/h1-6,8H. The maximum Gasteiger partial charge on any atom is 0.145 e. The van der Waals surface area contributed by atoms with Gasteiger partial charge in [-0.2, -0.15) is 10.5 Å². The van der Waals surface area contributed by atoms with Crippen molar-refractivity contribution in [1.82, 2.24) is 4.98 Å². The van der Waals surface area contributed by atoms with Gasteiger partial charge in [0.25, 0.3) is 0 Å². The van der Waals surface area contributed by atoms with E-state index in [9.17, 15) is 0 Å². The van der Waals surface area contributed by atoms with Gasteiger partial charge in [0.2, 0.25) is 0 Å². The Morgan fingerprint density at radius 2 is 1.72 bits per heavy atom. The SMILES string of the molecule is N#CSc1ccc(Oc2ccc(C#N)cc2)cn1. The Bertz CT molecular complexity index is 609. The minimum absolute atomic E-state index is 0.584. The molecule has 0 saturated heterocycles. The Morgan fingerprint density at radius 3 is 2.28 bits per heavy atom. The highest BCUT2D eigenvalue weighted by atomic mass is 32.2. The molecule has 86 valence electrons. The number of pyridine rings is 1. The lowest BCUT2D eigenvalue weighted by Gasteiger charge is -2.05. The number of benzene rings is 1. The first-order valence-electron chi connectivity index (χ1n) is 5.02. The van der Waals surface area contributed by atoms with Crippen LogP contribution in [0.2, 0.25) is 0 Å². The van der Waals surface area contributed by atoms with E-state index < -0.39 is 0 Å². The van der Waals surface area contributed by atoms with E-state index in [-0.39, 0.29) is 0 Å². The van der Waals surface area contributed by atoms with Gasteiger partial charge in [0.1, 0.15) is 21.9 Å². The number of thioether (sulfide) groups is 1. The monoisotopic (exact) mass is 253 g/mol. The molecule has 2 aromatic rings. The van der Waals surface area contributed by atoms with E-state index in [0.717, 1.165) is 11.8 Å². The van der Waals surface area contributed by atoms with E-state index in [0.29, 0.717) is 22.1 Å². The van der Waals surface area contributed by atoms with Gasteiger partial charge in [-0.3, -0.25) is 0 Å². The first-order valence-corrected chi connectivity index (χ1v) is 5.83. The zero-order chi connectivity index (χ0) is 12.8. The molecule has 0 amide bonds. The molecule has 0 N–H and O–H groups in total. The van der Waals surface area contributed by atoms with Gasteiger partial charge >= 0.3 is 0 Å². The average molecular weight is 253 g/mol. The minimum Gasteiger partial charge on any atom is -0.456 e. The molecule has 1 aromatic carbocycles. The second kappa shape index (κ2) is 5.72. The van der Waals surface area contributed by atoms with E-state index in [1.807, 2.05) is 11.5 Å². The van der Waals surface area contributed by atoms with Crippen LogP contribution in [0.15, 0.2) is 47.6 Å². The van der Waals surface area contributed by atoms with Crippen LogP contribution in [0.25, 0.3) is 0 Å². The largest absolute Gasteiger partial charge is 0.456 e. The topological polar surface area (TPSA) is 69.7 Å². The smallest absolute Gasteiger partial charge is 0.145 e. The number of thiocyanates is 1. The van der Waals surface area contributed by atoms with E-state index in [4.69, 9.17) is 15.3 Å². The predicted molar refractivity (Wildman–Crippen MR) is 66.9 cm³/mol. The molecular formula is C13H7N3OS. The third-order valence-corrected chi connectivity index (χ3v) is 2.62. The fourth-order valence-electron chi connectivity index (χ4n) is 1.27. The summed E-state index contributed by atoms with van der Waals surface area (Å²) in [5.74, 6) is 1.22. The van der Waals surface area contributed by atoms with Gasteiger partial charge in [0.15, 0.2) is 0 Å². The quantitative estimate of drug-likeness (QED) is 0.620. The van der Waals surface area contributed by atoms with E-state index >= 15 is 0 Å².